The van der Waals surface area contributed by atoms with Gasteiger partial charge in [0, 0.05) is 0 Å². The molecule has 6 heteroatoms. The first-order chi connectivity index (χ1) is 7.61. The van der Waals surface area contributed by atoms with Crippen molar-refractivity contribution in [3.05, 3.63) is 29.8 Å². The van der Waals surface area contributed by atoms with Crippen molar-refractivity contribution in [2.24, 2.45) is 5.73 Å². The van der Waals surface area contributed by atoms with E-state index in [0.29, 0.717) is 11.3 Å². The number of aliphatic hydroxyl groups excluding tert-OH is 1. The summed E-state index contributed by atoms with van der Waals surface area (Å²) in [5.74, 6) is -0.187. The lowest BCUT2D eigenvalue weighted by atomic mass is 10.2. The molecule has 0 unspecified atom stereocenters. The normalized spacial score (nSPS) is 9.56. The highest BCUT2D eigenvalue weighted by Gasteiger charge is 2.05. The van der Waals surface area contributed by atoms with Gasteiger partial charge in [-0.05, 0) is 17.7 Å². The zero-order valence-corrected chi connectivity index (χ0v) is 8.47. The SMILES string of the molecule is NC(=O)NC(=O)COc1cccc(CO)c1. The van der Waals surface area contributed by atoms with Crippen LogP contribution in [0.3, 0.4) is 0 Å². The number of urea groups is 1. The number of nitrogens with one attached hydrogen (secondary N) is 1. The first-order valence-electron chi connectivity index (χ1n) is 4.53. The smallest absolute Gasteiger partial charge is 0.318 e. The van der Waals surface area contributed by atoms with Crippen LogP contribution in [0.5, 0.6) is 5.75 Å². The van der Waals surface area contributed by atoms with Gasteiger partial charge in [0.1, 0.15) is 5.75 Å². The molecule has 0 aliphatic heterocycles. The molecule has 4 N–H and O–H groups in total. The topological polar surface area (TPSA) is 102 Å². The third-order valence-electron chi connectivity index (χ3n) is 1.71. The zero-order valence-electron chi connectivity index (χ0n) is 8.47. The Hall–Kier alpha value is -2.08. The van der Waals surface area contributed by atoms with Gasteiger partial charge in [-0.2, -0.15) is 0 Å². The van der Waals surface area contributed by atoms with E-state index >= 15 is 0 Å². The summed E-state index contributed by atoms with van der Waals surface area (Å²) in [7, 11) is 0. The average Bonchev–Trinajstić information content (AvgIpc) is 2.26. The van der Waals surface area contributed by atoms with E-state index in [-0.39, 0.29) is 13.2 Å². The van der Waals surface area contributed by atoms with Crippen LogP contribution in [-0.4, -0.2) is 23.7 Å². The number of aliphatic hydroxyl groups is 1. The van der Waals surface area contributed by atoms with E-state index in [2.05, 4.69) is 0 Å². The molecule has 86 valence electrons. The summed E-state index contributed by atoms with van der Waals surface area (Å²) in [4.78, 5) is 21.3. The molecule has 16 heavy (non-hydrogen) atoms. The second kappa shape index (κ2) is 5.72. The minimum atomic E-state index is -0.919. The van der Waals surface area contributed by atoms with Gasteiger partial charge in [-0.1, -0.05) is 12.1 Å². The van der Waals surface area contributed by atoms with Crippen molar-refractivity contribution in [2.75, 3.05) is 6.61 Å². The molecule has 0 heterocycles. The van der Waals surface area contributed by atoms with Crippen molar-refractivity contribution in [1.82, 2.24) is 5.32 Å². The summed E-state index contributed by atoms with van der Waals surface area (Å²) in [6, 6.07) is 5.72. The quantitative estimate of drug-likeness (QED) is 0.656. The molecular weight excluding hydrogens is 212 g/mol. The number of imide groups is 1. The second-order valence-electron chi connectivity index (χ2n) is 3.01. The Morgan fingerprint density at radius 3 is 2.81 bits per heavy atom. The fraction of sp³-hybridized carbons (Fsp3) is 0.200. The van der Waals surface area contributed by atoms with E-state index in [9.17, 15) is 9.59 Å². The summed E-state index contributed by atoms with van der Waals surface area (Å²) in [5.41, 5.74) is 5.42. The van der Waals surface area contributed by atoms with E-state index in [1.165, 1.54) is 0 Å². The lowest BCUT2D eigenvalue weighted by Crippen LogP contribution is -2.38. The summed E-state index contributed by atoms with van der Waals surface area (Å²) in [6.07, 6.45) is 0. The molecule has 0 bridgehead atoms. The molecule has 3 amide bonds. The van der Waals surface area contributed by atoms with E-state index in [1.54, 1.807) is 24.3 Å². The van der Waals surface area contributed by atoms with Crippen LogP contribution in [0.4, 0.5) is 4.79 Å². The maximum atomic E-state index is 11.0. The average molecular weight is 224 g/mol. The number of hydrogen-bond donors (Lipinski definition) is 3. The first kappa shape index (κ1) is 12.0. The lowest BCUT2D eigenvalue weighted by molar-refractivity contribution is -0.121. The van der Waals surface area contributed by atoms with Gasteiger partial charge in [-0.3, -0.25) is 10.1 Å². The van der Waals surface area contributed by atoms with Gasteiger partial charge in [0.05, 0.1) is 6.61 Å². The van der Waals surface area contributed by atoms with Gasteiger partial charge in [0.15, 0.2) is 6.61 Å². The predicted octanol–water partition coefficient (Wildman–Crippen LogP) is -0.247. The summed E-state index contributed by atoms with van der Waals surface area (Å²) in [6.45, 7) is -0.414. The molecule has 0 fully saturated rings. The molecule has 0 radical (unpaired) electrons. The molecule has 0 saturated heterocycles. The van der Waals surface area contributed by atoms with Gasteiger partial charge in [0.25, 0.3) is 5.91 Å². The lowest BCUT2D eigenvalue weighted by Gasteiger charge is -2.06. The van der Waals surface area contributed by atoms with Crippen LogP contribution in [0.15, 0.2) is 24.3 Å². The highest BCUT2D eigenvalue weighted by molar-refractivity contribution is 5.94. The van der Waals surface area contributed by atoms with Crippen molar-refractivity contribution in [2.45, 2.75) is 6.61 Å². The fourth-order valence-electron chi connectivity index (χ4n) is 1.06. The number of hydrogen-bond acceptors (Lipinski definition) is 4. The number of benzene rings is 1. The van der Waals surface area contributed by atoms with Crippen LogP contribution in [0.25, 0.3) is 0 Å². The summed E-state index contributed by atoms with van der Waals surface area (Å²) in [5, 5.41) is 10.7. The molecule has 0 saturated carbocycles. The summed E-state index contributed by atoms with van der Waals surface area (Å²) >= 11 is 0. The van der Waals surface area contributed by atoms with E-state index in [4.69, 9.17) is 15.6 Å². The molecule has 0 aliphatic carbocycles. The number of nitrogens with two attached hydrogens (primary N) is 1. The van der Waals surface area contributed by atoms with Crippen LogP contribution in [0.2, 0.25) is 0 Å². The van der Waals surface area contributed by atoms with Gasteiger partial charge >= 0.3 is 6.03 Å². The van der Waals surface area contributed by atoms with Crippen molar-refractivity contribution in [1.29, 1.82) is 0 Å². The highest BCUT2D eigenvalue weighted by atomic mass is 16.5. The number of rotatable bonds is 4. The number of carbonyl (C=O) groups is 2. The Labute approximate surface area is 92.0 Å². The highest BCUT2D eigenvalue weighted by Crippen LogP contribution is 2.12. The van der Waals surface area contributed by atoms with Crippen LogP contribution in [0.1, 0.15) is 5.56 Å². The van der Waals surface area contributed by atoms with E-state index in [0.717, 1.165) is 0 Å². The van der Waals surface area contributed by atoms with Gasteiger partial charge in [-0.25, -0.2) is 4.79 Å². The standard InChI is InChI=1S/C10H12N2O4/c11-10(15)12-9(14)6-16-8-3-1-2-7(4-8)5-13/h1-4,13H,5-6H2,(H3,11,12,14,15). The molecule has 0 aliphatic rings. The number of amides is 3. The Kier molecular flexibility index (Phi) is 4.28. The molecule has 1 aromatic rings. The van der Waals surface area contributed by atoms with Gasteiger partial charge in [-0.15, -0.1) is 0 Å². The Bertz CT molecular complexity index is 392. The second-order valence-corrected chi connectivity index (χ2v) is 3.01. The largest absolute Gasteiger partial charge is 0.484 e. The molecule has 1 aromatic carbocycles. The number of ether oxygens (including phenoxy) is 1. The van der Waals surface area contributed by atoms with Crippen molar-refractivity contribution in [3.63, 3.8) is 0 Å². The van der Waals surface area contributed by atoms with Crippen LogP contribution >= 0.6 is 0 Å². The van der Waals surface area contributed by atoms with E-state index in [1.807, 2.05) is 5.32 Å². The molecular formula is C10H12N2O4. The Morgan fingerprint density at radius 1 is 1.44 bits per heavy atom. The number of primary amides is 1. The monoisotopic (exact) mass is 224 g/mol. The van der Waals surface area contributed by atoms with Crippen LogP contribution < -0.4 is 15.8 Å². The van der Waals surface area contributed by atoms with Gasteiger partial charge in [0.2, 0.25) is 0 Å². The third kappa shape index (κ3) is 3.97. The molecule has 6 nitrogen and oxygen atoms in total. The first-order valence-corrected chi connectivity index (χ1v) is 4.53. The Balaban J connectivity index is 2.47. The molecule has 0 atom stereocenters. The van der Waals surface area contributed by atoms with Crippen molar-refractivity contribution in [3.8, 4) is 5.75 Å². The van der Waals surface area contributed by atoms with Crippen LogP contribution in [-0.2, 0) is 11.4 Å². The minimum Gasteiger partial charge on any atom is -0.484 e. The predicted molar refractivity (Wildman–Crippen MR) is 55.6 cm³/mol. The van der Waals surface area contributed by atoms with Crippen molar-refractivity contribution >= 4 is 11.9 Å². The van der Waals surface area contributed by atoms with Crippen molar-refractivity contribution < 1.29 is 19.4 Å². The van der Waals surface area contributed by atoms with E-state index < -0.39 is 11.9 Å². The third-order valence-corrected chi connectivity index (χ3v) is 1.71. The fourth-order valence-corrected chi connectivity index (χ4v) is 1.06. The zero-order chi connectivity index (χ0) is 12.0. The maximum absolute atomic E-state index is 11.0. The van der Waals surface area contributed by atoms with Crippen LogP contribution in [0, 0.1) is 0 Å². The Morgan fingerprint density at radius 2 is 2.19 bits per heavy atom. The maximum Gasteiger partial charge on any atom is 0.318 e. The van der Waals surface area contributed by atoms with Gasteiger partial charge < -0.3 is 15.6 Å². The summed E-state index contributed by atoms with van der Waals surface area (Å²) < 4.78 is 5.08. The molecule has 0 spiro atoms. The number of carbonyl (C=O) groups excluding carboxylic acids is 2. The molecule has 0 aromatic heterocycles. The minimum absolute atomic E-state index is 0.106. The molecule has 1 rings (SSSR count).